The highest BCUT2D eigenvalue weighted by Gasteiger charge is 2.29. The molecule has 4 heterocycles. The van der Waals surface area contributed by atoms with E-state index in [2.05, 4.69) is 19.9 Å². The molecule has 0 bridgehead atoms. The van der Waals surface area contributed by atoms with Gasteiger partial charge in [0, 0.05) is 55.9 Å². The third kappa shape index (κ3) is 3.02. The van der Waals surface area contributed by atoms with Crippen LogP contribution in [0.4, 0.5) is 5.82 Å². The summed E-state index contributed by atoms with van der Waals surface area (Å²) < 4.78 is 1.77. The molecule has 122 valence electrons. The average molecular weight is 331 g/mol. The van der Waals surface area contributed by atoms with Crippen molar-refractivity contribution in [2.24, 2.45) is 5.92 Å². The molecule has 23 heavy (non-hydrogen) atoms. The fourth-order valence-corrected chi connectivity index (χ4v) is 4.28. The zero-order chi connectivity index (χ0) is 15.6. The van der Waals surface area contributed by atoms with E-state index in [0.717, 1.165) is 62.0 Å². The van der Waals surface area contributed by atoms with Gasteiger partial charge in [-0.05, 0) is 18.9 Å². The maximum absolute atomic E-state index is 12.6. The lowest BCUT2D eigenvalue weighted by Gasteiger charge is -2.35. The minimum absolute atomic E-state index is 0.188. The maximum atomic E-state index is 12.6. The van der Waals surface area contributed by atoms with E-state index in [0.29, 0.717) is 5.91 Å². The largest absolute Gasteiger partial charge is 0.356 e. The van der Waals surface area contributed by atoms with Crippen LogP contribution in [0.1, 0.15) is 12.8 Å². The molecule has 0 unspecified atom stereocenters. The number of thioether (sulfide) groups is 1. The second kappa shape index (κ2) is 6.39. The standard InChI is InChI=1S/C16H21N5OS/c22-16(20-9-11-23-12-10-20)13-2-6-19(7-3-13)14-4-8-21-15(18-14)1-5-17-21/h1,4-5,8,13H,2-3,6-7,9-12H2. The fourth-order valence-electron chi connectivity index (χ4n) is 3.38. The zero-order valence-corrected chi connectivity index (χ0v) is 13.9. The Balaban J connectivity index is 1.39. The molecule has 7 heteroatoms. The van der Waals surface area contributed by atoms with Crippen LogP contribution in [0, 0.1) is 5.92 Å². The average Bonchev–Trinajstić information content (AvgIpc) is 3.10. The van der Waals surface area contributed by atoms with Gasteiger partial charge in [0.05, 0.1) is 6.20 Å². The maximum Gasteiger partial charge on any atom is 0.225 e. The SMILES string of the molecule is O=C(C1CCN(c2ccn3nccc3n2)CC1)N1CCSCC1. The summed E-state index contributed by atoms with van der Waals surface area (Å²) in [6.07, 6.45) is 5.55. The van der Waals surface area contributed by atoms with Gasteiger partial charge in [-0.15, -0.1) is 0 Å². The van der Waals surface area contributed by atoms with E-state index in [9.17, 15) is 4.79 Å². The van der Waals surface area contributed by atoms with Crippen molar-refractivity contribution in [3.63, 3.8) is 0 Å². The van der Waals surface area contributed by atoms with Crippen LogP contribution in [0.5, 0.6) is 0 Å². The lowest BCUT2D eigenvalue weighted by atomic mass is 9.95. The molecule has 0 aliphatic carbocycles. The number of fused-ring (bicyclic) bond motifs is 1. The van der Waals surface area contributed by atoms with E-state index in [-0.39, 0.29) is 5.92 Å². The number of piperidine rings is 1. The Morgan fingerprint density at radius 3 is 2.70 bits per heavy atom. The van der Waals surface area contributed by atoms with E-state index < -0.39 is 0 Å². The van der Waals surface area contributed by atoms with Crippen LogP contribution < -0.4 is 4.90 Å². The Hall–Kier alpha value is -1.76. The van der Waals surface area contributed by atoms with Crippen molar-refractivity contribution in [2.45, 2.75) is 12.8 Å². The number of hydrogen-bond acceptors (Lipinski definition) is 5. The molecule has 0 radical (unpaired) electrons. The van der Waals surface area contributed by atoms with Crippen molar-refractivity contribution in [1.29, 1.82) is 0 Å². The third-order valence-corrected chi connectivity index (χ3v) is 5.68. The predicted octanol–water partition coefficient (Wildman–Crippen LogP) is 1.52. The monoisotopic (exact) mass is 331 g/mol. The van der Waals surface area contributed by atoms with Crippen molar-refractivity contribution in [3.8, 4) is 0 Å². The Kier molecular flexibility index (Phi) is 4.11. The van der Waals surface area contributed by atoms with Crippen molar-refractivity contribution in [2.75, 3.05) is 42.6 Å². The zero-order valence-electron chi connectivity index (χ0n) is 13.1. The highest BCUT2D eigenvalue weighted by Crippen LogP contribution is 2.24. The van der Waals surface area contributed by atoms with E-state index >= 15 is 0 Å². The van der Waals surface area contributed by atoms with Crippen LogP contribution in [0.3, 0.4) is 0 Å². The van der Waals surface area contributed by atoms with E-state index in [4.69, 9.17) is 0 Å². The molecule has 2 fully saturated rings. The van der Waals surface area contributed by atoms with Gasteiger partial charge in [-0.25, -0.2) is 9.50 Å². The molecular formula is C16H21N5OS. The number of anilines is 1. The Morgan fingerprint density at radius 1 is 1.13 bits per heavy atom. The summed E-state index contributed by atoms with van der Waals surface area (Å²) in [5.41, 5.74) is 0.867. The molecule has 2 aliphatic rings. The van der Waals surface area contributed by atoms with Crippen LogP contribution in [0.25, 0.3) is 5.65 Å². The van der Waals surface area contributed by atoms with Gasteiger partial charge in [-0.3, -0.25) is 4.79 Å². The highest BCUT2D eigenvalue weighted by molar-refractivity contribution is 7.99. The summed E-state index contributed by atoms with van der Waals surface area (Å²) >= 11 is 1.94. The molecule has 0 aromatic carbocycles. The first-order valence-corrected chi connectivity index (χ1v) is 9.38. The van der Waals surface area contributed by atoms with Crippen molar-refractivity contribution in [3.05, 3.63) is 24.5 Å². The molecule has 0 spiro atoms. The third-order valence-electron chi connectivity index (χ3n) is 4.73. The van der Waals surface area contributed by atoms with Gasteiger partial charge in [0.2, 0.25) is 5.91 Å². The van der Waals surface area contributed by atoms with E-state index in [1.54, 1.807) is 10.7 Å². The first-order valence-electron chi connectivity index (χ1n) is 8.23. The van der Waals surface area contributed by atoms with Crippen molar-refractivity contribution in [1.82, 2.24) is 19.5 Å². The number of carbonyl (C=O) groups is 1. The molecule has 4 rings (SSSR count). The number of carbonyl (C=O) groups excluding carboxylic acids is 1. The van der Waals surface area contributed by atoms with Gasteiger partial charge < -0.3 is 9.80 Å². The minimum Gasteiger partial charge on any atom is -0.356 e. The number of amides is 1. The fraction of sp³-hybridized carbons (Fsp3) is 0.562. The summed E-state index contributed by atoms with van der Waals surface area (Å²) in [6.45, 7) is 3.64. The minimum atomic E-state index is 0.188. The molecule has 2 saturated heterocycles. The highest BCUT2D eigenvalue weighted by atomic mass is 32.2. The summed E-state index contributed by atoms with van der Waals surface area (Å²) in [4.78, 5) is 21.6. The van der Waals surface area contributed by atoms with Crippen LogP contribution in [0.15, 0.2) is 24.5 Å². The Bertz CT molecular complexity index is 689. The quantitative estimate of drug-likeness (QED) is 0.835. The van der Waals surface area contributed by atoms with Gasteiger partial charge in [-0.2, -0.15) is 16.9 Å². The first kappa shape index (κ1) is 14.8. The molecular weight excluding hydrogens is 310 g/mol. The summed E-state index contributed by atoms with van der Waals surface area (Å²) in [6, 6.07) is 3.91. The van der Waals surface area contributed by atoms with Crippen LogP contribution in [-0.4, -0.2) is 63.1 Å². The normalized spacial score (nSPS) is 20.2. The lowest BCUT2D eigenvalue weighted by Crippen LogP contribution is -2.45. The van der Waals surface area contributed by atoms with Gasteiger partial charge in [0.25, 0.3) is 0 Å². The van der Waals surface area contributed by atoms with Gasteiger partial charge in [0.15, 0.2) is 5.65 Å². The van der Waals surface area contributed by atoms with Crippen LogP contribution in [0.2, 0.25) is 0 Å². The summed E-state index contributed by atoms with van der Waals surface area (Å²) in [5.74, 6) is 3.70. The molecule has 1 amide bonds. The van der Waals surface area contributed by atoms with Crippen LogP contribution in [-0.2, 0) is 4.79 Å². The van der Waals surface area contributed by atoms with Crippen LogP contribution >= 0.6 is 11.8 Å². The summed E-state index contributed by atoms with van der Waals surface area (Å²) in [5, 5.41) is 4.18. The van der Waals surface area contributed by atoms with Gasteiger partial charge >= 0.3 is 0 Å². The Morgan fingerprint density at radius 2 is 1.91 bits per heavy atom. The number of nitrogens with zero attached hydrogens (tertiary/aromatic N) is 5. The molecule has 2 aromatic heterocycles. The molecule has 0 atom stereocenters. The Labute approximate surface area is 139 Å². The molecule has 0 saturated carbocycles. The van der Waals surface area contributed by atoms with Gasteiger partial charge in [0.1, 0.15) is 5.82 Å². The molecule has 6 nitrogen and oxygen atoms in total. The van der Waals surface area contributed by atoms with E-state index in [1.807, 2.05) is 30.1 Å². The smallest absolute Gasteiger partial charge is 0.225 e. The molecule has 2 aliphatic heterocycles. The number of hydrogen-bond donors (Lipinski definition) is 0. The van der Waals surface area contributed by atoms with E-state index in [1.165, 1.54) is 0 Å². The topological polar surface area (TPSA) is 53.7 Å². The second-order valence-electron chi connectivity index (χ2n) is 6.12. The van der Waals surface area contributed by atoms with Crippen molar-refractivity contribution >= 4 is 29.1 Å². The molecule has 0 N–H and O–H groups in total. The first-order chi connectivity index (χ1) is 11.3. The number of rotatable bonds is 2. The molecule has 2 aromatic rings. The predicted molar refractivity (Wildman–Crippen MR) is 91.8 cm³/mol. The second-order valence-corrected chi connectivity index (χ2v) is 7.34. The lowest BCUT2D eigenvalue weighted by molar-refractivity contribution is -0.135. The van der Waals surface area contributed by atoms with Gasteiger partial charge in [-0.1, -0.05) is 0 Å². The summed E-state index contributed by atoms with van der Waals surface area (Å²) in [7, 11) is 0. The van der Waals surface area contributed by atoms with Crippen molar-refractivity contribution < 1.29 is 4.79 Å². The number of aromatic nitrogens is 3.